The van der Waals surface area contributed by atoms with Crippen molar-refractivity contribution in [2.24, 2.45) is 0 Å². The van der Waals surface area contributed by atoms with Crippen molar-refractivity contribution < 1.29 is 77.8 Å². The minimum Gasteiger partial charge on any atom is -0.799 e. The molecule has 0 aromatic carbocycles. The van der Waals surface area contributed by atoms with Gasteiger partial charge in [-0.3, -0.25) is 0 Å². The predicted octanol–water partition coefficient (Wildman–Crippen LogP) is 32.1. The van der Waals surface area contributed by atoms with Crippen molar-refractivity contribution in [1.29, 1.82) is 0 Å². The van der Waals surface area contributed by atoms with Crippen LogP contribution in [-0.2, 0) is 48.5 Å². The molecule has 0 aliphatic rings. The van der Waals surface area contributed by atoms with E-state index in [9.17, 15) is 56.8 Å². The van der Waals surface area contributed by atoms with Gasteiger partial charge in [0, 0.05) is 44.2 Å². The van der Waals surface area contributed by atoms with Crippen molar-refractivity contribution in [3.63, 3.8) is 0 Å². The van der Waals surface area contributed by atoms with E-state index in [0.29, 0.717) is 0 Å². The van der Waals surface area contributed by atoms with E-state index in [1.165, 1.54) is 231 Å². The summed E-state index contributed by atoms with van der Waals surface area (Å²) in [6, 6.07) is 0. The van der Waals surface area contributed by atoms with Gasteiger partial charge in [-0.2, -0.15) is 0 Å². The third-order valence-electron chi connectivity index (χ3n) is 25.1. The van der Waals surface area contributed by atoms with Crippen molar-refractivity contribution in [3.8, 4) is 0 Å². The zero-order chi connectivity index (χ0) is 88.4. The molecule has 0 aromatic heterocycles. The third kappa shape index (κ3) is 70.6. The minimum absolute atomic E-state index is 0. The van der Waals surface area contributed by atoms with Crippen molar-refractivity contribution in [1.82, 2.24) is 0 Å². The van der Waals surface area contributed by atoms with E-state index in [0.717, 1.165) is 154 Å². The van der Waals surface area contributed by atoms with Gasteiger partial charge in [0.15, 0.2) is 0 Å². The topological polar surface area (TPSA) is 241 Å². The van der Waals surface area contributed by atoms with E-state index in [4.69, 9.17) is 0 Å². The summed E-state index contributed by atoms with van der Waals surface area (Å²) in [6.45, 7) is 49.0. The fraction of sp³-hybridized carbons (Fsp3) is 1.00. The Kier molecular flexibility index (Phi) is 96.4. The van der Waals surface area contributed by atoms with Crippen LogP contribution in [0.3, 0.4) is 0 Å². The molecule has 0 bridgehead atoms. The molecule has 0 radical (unpaired) electrons. The fourth-order valence-electron chi connectivity index (χ4n) is 15.2. The number of rotatable bonds is 72. The van der Waals surface area contributed by atoms with Gasteiger partial charge < -0.3 is 56.8 Å². The zero-order valence-electron chi connectivity index (χ0n) is 81.3. The van der Waals surface area contributed by atoms with Crippen LogP contribution in [-0.4, -0.2) is 67.9 Å². The molecule has 0 saturated carbocycles. The molecule has 19 heteroatoms. The van der Waals surface area contributed by atoms with E-state index in [-0.39, 0.29) is 89.0 Å². The Bertz CT molecular complexity index is 1800. The first-order chi connectivity index (χ1) is 53.8. The van der Waals surface area contributed by atoms with Gasteiger partial charge in [-0.25, -0.2) is 0 Å². The molecule has 0 spiro atoms. The Morgan fingerprint density at radius 3 is 0.252 bits per heavy atom. The van der Waals surface area contributed by atoms with E-state index in [1.807, 2.05) is 83.1 Å². The maximum Gasteiger partial charge on any atom is 6.00 e. The van der Waals surface area contributed by atoms with Gasteiger partial charge in [0.05, 0.1) is 0 Å². The molecule has 0 aliphatic carbocycles. The smallest absolute Gasteiger partial charge is 0.799 e. The molecular formula is C96H204MoO12P6. The van der Waals surface area contributed by atoms with E-state index in [2.05, 4.69) is 83.1 Å². The first-order valence-electron chi connectivity index (χ1n) is 49.6. The van der Waals surface area contributed by atoms with E-state index in [1.54, 1.807) is 0 Å². The summed E-state index contributed by atoms with van der Waals surface area (Å²) in [4.78, 5) is 74.3. The molecule has 12 nitrogen and oxygen atoms in total. The van der Waals surface area contributed by atoms with Crippen LogP contribution in [0.25, 0.3) is 0 Å². The maximum atomic E-state index is 12.4. The fourth-order valence-corrected chi connectivity index (χ4v) is 26.9. The van der Waals surface area contributed by atoms with Gasteiger partial charge in [-0.15, -0.1) is 0 Å². The van der Waals surface area contributed by atoms with Crippen LogP contribution in [0, 0.1) is 0 Å². The second-order valence-electron chi connectivity index (χ2n) is 36.3. The monoisotopic (exact) mass is 1830 g/mol. The Labute approximate surface area is 736 Å². The number of hydrogen-bond acceptors (Lipinski definition) is 12. The van der Waals surface area contributed by atoms with Crippen molar-refractivity contribution in [3.05, 3.63) is 0 Å². The summed E-state index contributed by atoms with van der Waals surface area (Å²) >= 11 is 0. The summed E-state index contributed by atoms with van der Waals surface area (Å²) in [5.74, 6) is 0. The van der Waals surface area contributed by atoms with Crippen molar-refractivity contribution in [2.75, 3.05) is 0 Å². The molecule has 696 valence electrons. The van der Waals surface area contributed by atoms with Crippen LogP contribution in [0.4, 0.5) is 0 Å². The van der Waals surface area contributed by atoms with Crippen molar-refractivity contribution >= 4 is 44.2 Å². The normalized spacial score (nSPS) is 17.8. The zero-order valence-corrected chi connectivity index (χ0v) is 88.7. The van der Waals surface area contributed by atoms with Crippen LogP contribution in [0.2, 0.25) is 0 Å². The molecule has 0 N–H and O–H groups in total. The molecule has 12 atom stereocenters. The minimum atomic E-state index is -3.22. The molecule has 0 amide bonds. The second-order valence-corrected chi connectivity index (χ2v) is 54.6. The molecule has 0 rings (SSSR count). The van der Waals surface area contributed by atoms with Crippen LogP contribution in [0.1, 0.15) is 551 Å². The van der Waals surface area contributed by atoms with Crippen LogP contribution in [0.5, 0.6) is 0 Å². The average Bonchev–Trinajstić information content (AvgIpc) is 0.895. The Hall–Kier alpha value is 1.83. The largest absolute Gasteiger partial charge is 6.00 e. The number of hydrogen-bond donors (Lipinski definition) is 0. The average molecular weight is 1830 g/mol. The summed E-state index contributed by atoms with van der Waals surface area (Å²) in [5.41, 5.74) is -1.61. The molecule has 0 saturated heterocycles. The predicted molar refractivity (Wildman–Crippen MR) is 504 cm³/mol. The van der Waals surface area contributed by atoms with Crippen LogP contribution in [0.15, 0.2) is 0 Å². The van der Waals surface area contributed by atoms with Gasteiger partial charge in [0.2, 0.25) is 0 Å². The summed E-state index contributed by atoms with van der Waals surface area (Å²) in [6.07, 6.45) is 66.1. The molecule has 12 unspecified atom stereocenters. The molecule has 0 heterocycles. The molecule has 115 heavy (non-hydrogen) atoms. The SMILES string of the molecule is CCCCCCC(C)P(=O)([O-])C(C)CCCCCC.CCCCCCC(C)P(=O)([O-])C(C)CCCCCC.CCCCCCC(C)P(=O)([O-])C(C)CCCCCC.CCCCCCC(C)P(=O)([O-])C(C)CCCCCC.CCCCCCC(C)P(=O)([O-])C(C)CCCCCC.CCCCCCC(C)P(=O)([O-])C(C)CCCCCC.[Mo+6]. The number of unbranched alkanes of at least 4 members (excludes halogenated alkanes) is 36. The summed E-state index contributed by atoms with van der Waals surface area (Å²) in [7, 11) is -19.3. The quantitative estimate of drug-likeness (QED) is 0.0314. The molecule has 0 aromatic rings. The Morgan fingerprint density at radius 1 is 0.139 bits per heavy atom. The van der Waals surface area contributed by atoms with Gasteiger partial charge in [0.1, 0.15) is 0 Å². The van der Waals surface area contributed by atoms with E-state index < -0.39 is 44.2 Å². The second kappa shape index (κ2) is 85.3. The Balaban J connectivity index is -0.000000243. The van der Waals surface area contributed by atoms with E-state index >= 15 is 0 Å². The molecular weight excluding hydrogens is 1630 g/mol. The third-order valence-corrected chi connectivity index (χ3v) is 42.9. The molecule has 0 fully saturated rings. The van der Waals surface area contributed by atoms with Gasteiger partial charge >= 0.3 is 21.1 Å². The summed E-state index contributed by atoms with van der Waals surface area (Å²) < 4.78 is 74.3. The Morgan fingerprint density at radius 2 is 0.200 bits per heavy atom. The van der Waals surface area contributed by atoms with Crippen LogP contribution >= 0.6 is 44.2 Å². The first-order valence-corrected chi connectivity index (χ1v) is 60.2. The van der Waals surface area contributed by atoms with Crippen molar-refractivity contribution in [2.45, 2.75) is 619 Å². The first kappa shape index (κ1) is 130. The summed E-state index contributed by atoms with van der Waals surface area (Å²) in [5, 5.41) is 0. The molecule has 0 aliphatic heterocycles. The van der Waals surface area contributed by atoms with Gasteiger partial charge in [0.25, 0.3) is 0 Å². The van der Waals surface area contributed by atoms with Gasteiger partial charge in [-0.05, 0) is 145 Å². The van der Waals surface area contributed by atoms with Crippen LogP contribution < -0.4 is 29.4 Å². The van der Waals surface area contributed by atoms with Gasteiger partial charge in [-0.1, -0.05) is 474 Å². The standard InChI is InChI=1S/6C16H35O2P.Mo/c6*1-5-7-9-11-13-15(3)19(17,18)16(4)14-12-10-8-6-2;/h6*15-16H,5-14H2,1-4H3,(H,17,18);/q;;;;;;+6/p-6. The maximum absolute atomic E-state index is 12.4.